The molecule has 1 amide bonds. The van der Waals surface area contributed by atoms with E-state index in [0.717, 1.165) is 43.9 Å². The van der Waals surface area contributed by atoms with Crippen LogP contribution in [0.3, 0.4) is 0 Å². The number of anilines is 1. The minimum Gasteiger partial charge on any atom is -0.496 e. The molecule has 0 radical (unpaired) electrons. The number of carbonyl (C=O) groups is 1. The summed E-state index contributed by atoms with van der Waals surface area (Å²) in [5.74, 6) is 0.956. The van der Waals surface area contributed by atoms with Gasteiger partial charge in [0.15, 0.2) is 8.32 Å². The Hall–Kier alpha value is -3.62. The summed E-state index contributed by atoms with van der Waals surface area (Å²) < 4.78 is 17.8. The van der Waals surface area contributed by atoms with E-state index in [-0.39, 0.29) is 17.3 Å². The average Bonchev–Trinajstić information content (AvgIpc) is 3.13. The van der Waals surface area contributed by atoms with E-state index >= 15 is 0 Å². The van der Waals surface area contributed by atoms with Crippen LogP contribution in [0.25, 0.3) is 22.4 Å². The van der Waals surface area contributed by atoms with Gasteiger partial charge in [0, 0.05) is 86.7 Å². The van der Waals surface area contributed by atoms with Crippen molar-refractivity contribution < 1.29 is 23.8 Å². The summed E-state index contributed by atoms with van der Waals surface area (Å²) in [7, 11) is 1.33. The molecule has 6 rings (SSSR count). The van der Waals surface area contributed by atoms with Crippen molar-refractivity contribution in [3.05, 3.63) is 81.4 Å². The van der Waals surface area contributed by atoms with Crippen LogP contribution in [0, 0.1) is 5.92 Å². The summed E-state index contributed by atoms with van der Waals surface area (Å²) in [6, 6.07) is 12.7. The minimum atomic E-state index is -1.85. The van der Waals surface area contributed by atoms with Crippen molar-refractivity contribution >= 4 is 43.1 Å². The predicted molar refractivity (Wildman–Crippen MR) is 216 cm³/mol. The summed E-state index contributed by atoms with van der Waals surface area (Å²) in [5.41, 5.74) is 5.74. The lowest BCUT2D eigenvalue weighted by molar-refractivity contribution is 0.0462. The molecular weight excluding hydrogens is 743 g/mol. The zero-order valence-electron chi connectivity index (χ0n) is 32.1. The molecule has 1 saturated heterocycles. The number of likely N-dealkylation sites (tertiary alicyclic amines) is 1. The van der Waals surface area contributed by atoms with Gasteiger partial charge >= 0.3 is 0 Å². The Labute approximate surface area is 329 Å². The van der Waals surface area contributed by atoms with Gasteiger partial charge in [0.2, 0.25) is 5.88 Å². The van der Waals surface area contributed by atoms with Crippen LogP contribution in [0.2, 0.25) is 28.2 Å². The largest absolute Gasteiger partial charge is 0.496 e. The fourth-order valence-corrected chi connectivity index (χ4v) is 8.22. The topological polar surface area (TPSA) is 122 Å². The molecule has 0 saturated carbocycles. The van der Waals surface area contributed by atoms with E-state index in [1.54, 1.807) is 32.5 Å². The standard InChI is InChI=1S/C40H50Cl2N6O5Si/c1-40(2,3)54(6,7)53-17-16-47-15-14-28-33(22-47)44-31(18-35(28)51-4)38(50)45-30-13-9-11-27(37(30)42)26-10-8-12-29(36(26)41)32-19-43-34(39(46-32)52-5)23-48-20-25(21-48)24-49/h8-13,18-19,25,49H,14-17,20-24H2,1-7H3,(H,45,50). The number of benzene rings is 2. The smallest absolute Gasteiger partial charge is 0.274 e. The monoisotopic (exact) mass is 792 g/mol. The maximum atomic E-state index is 13.8. The number of rotatable bonds is 13. The third-order valence-electron chi connectivity index (χ3n) is 10.8. The van der Waals surface area contributed by atoms with Gasteiger partial charge < -0.3 is 24.3 Å². The molecule has 0 unspecified atom stereocenters. The molecule has 1 fully saturated rings. The molecule has 0 bridgehead atoms. The molecule has 2 aliphatic heterocycles. The number of nitrogens with one attached hydrogen (secondary N) is 1. The second kappa shape index (κ2) is 16.6. The number of hydrogen-bond donors (Lipinski definition) is 2. The SMILES string of the molecule is COc1cc(C(=O)Nc2cccc(-c3cccc(-c4cnc(CN5CC(CO)C5)c(OC)n4)c3Cl)c2Cl)nc2c1CCN(CCO[Si](C)(C)C(C)(C)C)C2. The van der Waals surface area contributed by atoms with Gasteiger partial charge in [0.1, 0.15) is 17.1 Å². The summed E-state index contributed by atoms with van der Waals surface area (Å²) in [6.45, 7) is 16.5. The number of pyridine rings is 1. The van der Waals surface area contributed by atoms with Crippen LogP contribution >= 0.6 is 23.2 Å². The molecule has 54 heavy (non-hydrogen) atoms. The Bertz CT molecular complexity index is 2000. The molecule has 2 aromatic heterocycles. The van der Waals surface area contributed by atoms with E-state index in [9.17, 15) is 9.90 Å². The van der Waals surface area contributed by atoms with E-state index in [0.29, 0.717) is 81.1 Å². The highest BCUT2D eigenvalue weighted by Gasteiger charge is 2.37. The van der Waals surface area contributed by atoms with Crippen LogP contribution in [0.1, 0.15) is 48.2 Å². The van der Waals surface area contributed by atoms with Crippen molar-refractivity contribution in [3.63, 3.8) is 0 Å². The molecule has 2 aliphatic rings. The van der Waals surface area contributed by atoms with Crippen LogP contribution in [-0.4, -0.2) is 97.7 Å². The molecule has 11 nitrogen and oxygen atoms in total. The third-order valence-corrected chi connectivity index (χ3v) is 16.2. The van der Waals surface area contributed by atoms with E-state index < -0.39 is 14.2 Å². The zero-order valence-corrected chi connectivity index (χ0v) is 34.6. The lowest BCUT2D eigenvalue weighted by Crippen LogP contribution is -2.47. The van der Waals surface area contributed by atoms with Crippen molar-refractivity contribution in [2.75, 3.05) is 58.9 Å². The second-order valence-corrected chi connectivity index (χ2v) is 21.1. The van der Waals surface area contributed by atoms with E-state index in [1.165, 1.54) is 0 Å². The molecule has 4 heterocycles. The van der Waals surface area contributed by atoms with Gasteiger partial charge in [-0.25, -0.2) is 9.97 Å². The van der Waals surface area contributed by atoms with Gasteiger partial charge in [-0.2, -0.15) is 0 Å². The molecule has 288 valence electrons. The first-order valence-corrected chi connectivity index (χ1v) is 21.9. The Kier molecular flexibility index (Phi) is 12.3. The number of nitrogens with zero attached hydrogens (tertiary/aromatic N) is 5. The first-order valence-electron chi connectivity index (χ1n) is 18.3. The Balaban J connectivity index is 1.19. The number of fused-ring (bicyclic) bond motifs is 1. The van der Waals surface area contributed by atoms with Gasteiger partial charge in [0.05, 0.1) is 47.5 Å². The normalized spacial score (nSPS) is 15.4. The van der Waals surface area contributed by atoms with Crippen LogP contribution < -0.4 is 14.8 Å². The van der Waals surface area contributed by atoms with Gasteiger partial charge in [0.25, 0.3) is 5.91 Å². The minimum absolute atomic E-state index is 0.148. The van der Waals surface area contributed by atoms with Gasteiger partial charge in [-0.15, -0.1) is 0 Å². The van der Waals surface area contributed by atoms with Gasteiger partial charge in [-0.1, -0.05) is 74.3 Å². The molecule has 4 aromatic rings. The number of hydrogen-bond acceptors (Lipinski definition) is 10. The second-order valence-electron chi connectivity index (χ2n) is 15.5. The number of methoxy groups -OCH3 is 2. The van der Waals surface area contributed by atoms with Crippen LogP contribution in [0.15, 0.2) is 48.7 Å². The van der Waals surface area contributed by atoms with E-state index in [1.807, 2.05) is 30.3 Å². The number of aliphatic hydroxyl groups is 1. The maximum Gasteiger partial charge on any atom is 0.274 e. The number of aromatic nitrogens is 3. The molecule has 14 heteroatoms. The summed E-state index contributed by atoms with van der Waals surface area (Å²) in [5, 5.41) is 13.2. The lowest BCUT2D eigenvalue weighted by atomic mass is 10.0. The average molecular weight is 794 g/mol. The Morgan fingerprint density at radius 3 is 2.39 bits per heavy atom. The van der Waals surface area contributed by atoms with Crippen molar-refractivity contribution in [3.8, 4) is 34.0 Å². The van der Waals surface area contributed by atoms with Crippen molar-refractivity contribution in [2.24, 2.45) is 5.92 Å². The maximum absolute atomic E-state index is 13.8. The fraction of sp³-hybridized carbons (Fsp3) is 0.450. The number of amides is 1. The highest BCUT2D eigenvalue weighted by molar-refractivity contribution is 6.74. The van der Waals surface area contributed by atoms with Crippen molar-refractivity contribution in [2.45, 2.75) is 58.4 Å². The Morgan fingerprint density at radius 2 is 1.70 bits per heavy atom. The van der Waals surface area contributed by atoms with Crippen LogP contribution in [-0.2, 0) is 23.9 Å². The highest BCUT2D eigenvalue weighted by atomic mass is 35.5. The quantitative estimate of drug-likeness (QED) is 0.131. The van der Waals surface area contributed by atoms with Crippen molar-refractivity contribution in [1.82, 2.24) is 24.8 Å². The lowest BCUT2D eigenvalue weighted by Gasteiger charge is -2.37. The number of ether oxygens (including phenoxy) is 2. The molecule has 0 spiro atoms. The molecule has 2 aromatic carbocycles. The molecular formula is C40H50Cl2N6O5Si. The number of halogens is 2. The Morgan fingerprint density at radius 1 is 1.00 bits per heavy atom. The first-order chi connectivity index (χ1) is 25.7. The molecule has 0 aliphatic carbocycles. The summed E-state index contributed by atoms with van der Waals surface area (Å²) >= 11 is 14.1. The van der Waals surface area contributed by atoms with E-state index in [2.05, 4.69) is 54.0 Å². The highest BCUT2D eigenvalue weighted by Crippen LogP contribution is 2.42. The number of carbonyl (C=O) groups excluding carboxylic acids is 1. The number of aliphatic hydroxyl groups excluding tert-OH is 1. The van der Waals surface area contributed by atoms with Crippen molar-refractivity contribution in [1.29, 1.82) is 0 Å². The fourth-order valence-electron chi connectivity index (χ4n) is 6.59. The summed E-state index contributed by atoms with van der Waals surface area (Å²) in [6.07, 6.45) is 2.46. The first kappa shape index (κ1) is 40.1. The molecule has 0 atom stereocenters. The van der Waals surface area contributed by atoms with Crippen LogP contribution in [0.4, 0.5) is 5.69 Å². The van der Waals surface area contributed by atoms with Gasteiger partial charge in [-0.3, -0.25) is 19.6 Å². The zero-order chi connectivity index (χ0) is 38.8. The predicted octanol–water partition coefficient (Wildman–Crippen LogP) is 7.59. The van der Waals surface area contributed by atoms with Crippen LogP contribution in [0.5, 0.6) is 11.6 Å². The van der Waals surface area contributed by atoms with Gasteiger partial charge in [-0.05, 0) is 30.6 Å². The molecule has 2 N–H and O–H groups in total. The summed E-state index contributed by atoms with van der Waals surface area (Å²) in [4.78, 5) is 32.5. The van der Waals surface area contributed by atoms with E-state index in [4.69, 9.17) is 47.1 Å². The third kappa shape index (κ3) is 8.60.